The highest BCUT2D eigenvalue weighted by Crippen LogP contribution is 2.40. The second-order valence-electron chi connectivity index (χ2n) is 9.88. The van der Waals surface area contributed by atoms with E-state index in [0.717, 1.165) is 58.9 Å². The van der Waals surface area contributed by atoms with E-state index in [-0.39, 0.29) is 11.6 Å². The first kappa shape index (κ1) is 23.8. The van der Waals surface area contributed by atoms with Gasteiger partial charge in [-0.15, -0.1) is 0 Å². The Bertz CT molecular complexity index is 1210. The lowest BCUT2D eigenvalue weighted by molar-refractivity contribution is 0.0807. The molecule has 0 radical (unpaired) electrons. The summed E-state index contributed by atoms with van der Waals surface area (Å²) in [5.74, 6) is 0.815. The number of hydrogen-bond acceptors (Lipinski definition) is 3. The van der Waals surface area contributed by atoms with Gasteiger partial charge < -0.3 is 4.57 Å². The number of rotatable bonds is 8. The van der Waals surface area contributed by atoms with Crippen molar-refractivity contribution in [3.05, 3.63) is 69.3 Å². The molecule has 5 rings (SSSR count). The number of ketones is 2. The highest BCUT2D eigenvalue weighted by atomic mass is 79.9. The Balaban J connectivity index is 1.20. The van der Waals surface area contributed by atoms with Crippen molar-refractivity contribution in [2.24, 2.45) is 5.92 Å². The first-order valence-corrected chi connectivity index (χ1v) is 13.4. The van der Waals surface area contributed by atoms with E-state index in [9.17, 15) is 9.59 Å². The highest BCUT2D eigenvalue weighted by Gasteiger charge is 2.40. The van der Waals surface area contributed by atoms with Crippen LogP contribution in [0.4, 0.5) is 0 Å². The molecule has 0 spiro atoms. The lowest BCUT2D eigenvalue weighted by Gasteiger charge is -2.39. The Morgan fingerprint density at radius 3 is 2.41 bits per heavy atom. The zero-order chi connectivity index (χ0) is 23.8. The topological polar surface area (TPSA) is 42.3 Å². The zero-order valence-corrected chi connectivity index (χ0v) is 21.8. The summed E-state index contributed by atoms with van der Waals surface area (Å²) in [5, 5.41) is 1.69. The highest BCUT2D eigenvalue weighted by molar-refractivity contribution is 9.10. The first-order chi connectivity index (χ1) is 16.4. The minimum atomic E-state index is 0.107. The van der Waals surface area contributed by atoms with Crippen LogP contribution < -0.4 is 0 Å². The second kappa shape index (κ2) is 9.96. The maximum atomic E-state index is 12.8. The summed E-state index contributed by atoms with van der Waals surface area (Å²) in [6.07, 6.45) is 8.40. The maximum absolute atomic E-state index is 12.8. The minimum absolute atomic E-state index is 0.107. The molecular weight excluding hydrogens is 512 g/mol. The van der Waals surface area contributed by atoms with E-state index >= 15 is 0 Å². The smallest absolute Gasteiger partial charge is 0.163 e. The molecule has 3 heterocycles. The zero-order valence-electron chi connectivity index (χ0n) is 19.5. The molecule has 0 N–H and O–H groups in total. The number of carbonyl (C=O) groups excluding carboxylic acids is 2. The van der Waals surface area contributed by atoms with Crippen LogP contribution >= 0.6 is 27.5 Å². The fraction of sp³-hybridized carbons (Fsp3) is 0.429. The summed E-state index contributed by atoms with van der Waals surface area (Å²) < 4.78 is 3.26. The van der Waals surface area contributed by atoms with Crippen molar-refractivity contribution in [1.82, 2.24) is 9.47 Å². The van der Waals surface area contributed by atoms with Gasteiger partial charge in [0, 0.05) is 63.8 Å². The van der Waals surface area contributed by atoms with Gasteiger partial charge >= 0.3 is 0 Å². The lowest BCUT2D eigenvalue weighted by Crippen LogP contribution is -2.43. The van der Waals surface area contributed by atoms with Gasteiger partial charge in [-0.1, -0.05) is 23.7 Å². The van der Waals surface area contributed by atoms with Crippen LogP contribution in [0, 0.1) is 5.92 Å². The molecule has 2 bridgehead atoms. The SMILES string of the molecule is CC(=O)c1cn(CCCN2C3CCC2CC(CC(=O)c2ccc(Cl)cc2)C3)c2c(Br)cccc12. The fourth-order valence-corrected chi connectivity index (χ4v) is 6.85. The molecular formula is C28H30BrClN2O2. The Morgan fingerprint density at radius 2 is 1.74 bits per heavy atom. The molecule has 2 atom stereocenters. The fourth-order valence-electron chi connectivity index (χ4n) is 6.13. The van der Waals surface area contributed by atoms with E-state index in [1.54, 1.807) is 19.1 Å². The summed E-state index contributed by atoms with van der Waals surface area (Å²) in [5.41, 5.74) is 2.67. The van der Waals surface area contributed by atoms with Crippen molar-refractivity contribution in [2.75, 3.05) is 6.54 Å². The molecule has 1 aromatic heterocycles. The van der Waals surface area contributed by atoms with E-state index in [1.165, 1.54) is 12.8 Å². The Kier molecular flexibility index (Phi) is 6.97. The first-order valence-electron chi connectivity index (χ1n) is 12.2. The Hall–Kier alpha value is -1.95. The largest absolute Gasteiger partial charge is 0.346 e. The van der Waals surface area contributed by atoms with Gasteiger partial charge in [-0.2, -0.15) is 0 Å². The molecule has 3 aromatic rings. The van der Waals surface area contributed by atoms with Crippen LogP contribution in [0.5, 0.6) is 0 Å². The van der Waals surface area contributed by atoms with E-state index in [0.29, 0.717) is 29.4 Å². The third kappa shape index (κ3) is 4.75. The average Bonchev–Trinajstić information content (AvgIpc) is 3.29. The van der Waals surface area contributed by atoms with Crippen LogP contribution in [0.3, 0.4) is 0 Å². The molecule has 2 fully saturated rings. The van der Waals surface area contributed by atoms with Crippen LogP contribution in [-0.2, 0) is 6.54 Å². The molecule has 4 nitrogen and oxygen atoms in total. The van der Waals surface area contributed by atoms with Crippen molar-refractivity contribution in [1.29, 1.82) is 0 Å². The van der Waals surface area contributed by atoms with Gasteiger partial charge in [0.25, 0.3) is 0 Å². The molecule has 0 saturated carbocycles. The average molecular weight is 542 g/mol. The molecule has 0 amide bonds. The third-order valence-electron chi connectivity index (χ3n) is 7.67. The Labute approximate surface area is 214 Å². The van der Waals surface area contributed by atoms with Gasteiger partial charge in [0.05, 0.1) is 5.52 Å². The number of aryl methyl sites for hydroxylation is 1. The van der Waals surface area contributed by atoms with E-state index in [4.69, 9.17) is 11.6 Å². The standard InChI is InChI=1S/C28H30BrClN2O2/c1-18(33)25-17-31(28-24(25)4-2-5-26(28)29)12-3-13-32-22-10-11-23(32)15-19(14-22)16-27(34)20-6-8-21(30)9-7-20/h2,4-9,17,19,22-23H,3,10-16H2,1H3. The van der Waals surface area contributed by atoms with Gasteiger partial charge in [-0.3, -0.25) is 14.5 Å². The van der Waals surface area contributed by atoms with Gasteiger partial charge in [-0.25, -0.2) is 0 Å². The number of Topliss-reactive ketones (excluding diaryl/α,β-unsaturated/α-hetero) is 2. The number of fused-ring (bicyclic) bond motifs is 3. The molecule has 2 unspecified atom stereocenters. The summed E-state index contributed by atoms with van der Waals surface area (Å²) >= 11 is 9.64. The monoisotopic (exact) mass is 540 g/mol. The van der Waals surface area contributed by atoms with Crippen LogP contribution in [0.2, 0.25) is 5.02 Å². The molecule has 6 heteroatoms. The van der Waals surface area contributed by atoms with Gasteiger partial charge in [-0.05, 0) is 91.2 Å². The van der Waals surface area contributed by atoms with Crippen molar-refractivity contribution in [3.8, 4) is 0 Å². The van der Waals surface area contributed by atoms with Crippen molar-refractivity contribution < 1.29 is 9.59 Å². The summed E-state index contributed by atoms with van der Waals surface area (Å²) in [4.78, 5) is 27.6. The number of piperidine rings is 1. The van der Waals surface area contributed by atoms with E-state index < -0.39 is 0 Å². The van der Waals surface area contributed by atoms with E-state index in [2.05, 4.69) is 25.4 Å². The molecule has 2 aliphatic rings. The van der Waals surface area contributed by atoms with Crippen molar-refractivity contribution in [2.45, 2.75) is 64.1 Å². The minimum Gasteiger partial charge on any atom is -0.346 e. The molecule has 2 saturated heterocycles. The number of nitrogens with zero attached hydrogens (tertiary/aromatic N) is 2. The number of aromatic nitrogens is 1. The number of benzene rings is 2. The predicted molar refractivity (Wildman–Crippen MR) is 141 cm³/mol. The van der Waals surface area contributed by atoms with Crippen LogP contribution in [0.15, 0.2) is 53.1 Å². The van der Waals surface area contributed by atoms with Gasteiger partial charge in [0.15, 0.2) is 11.6 Å². The third-order valence-corrected chi connectivity index (χ3v) is 8.56. The number of hydrogen-bond donors (Lipinski definition) is 0. The van der Waals surface area contributed by atoms with Crippen LogP contribution in [-0.4, -0.2) is 39.7 Å². The van der Waals surface area contributed by atoms with Crippen molar-refractivity contribution >= 4 is 50.0 Å². The second-order valence-corrected chi connectivity index (χ2v) is 11.2. The molecule has 2 aliphatic heterocycles. The predicted octanol–water partition coefficient (Wildman–Crippen LogP) is 7.17. The number of para-hydroxylation sites is 1. The quantitative estimate of drug-likeness (QED) is 0.284. The van der Waals surface area contributed by atoms with Crippen LogP contribution in [0.1, 0.15) is 66.2 Å². The van der Waals surface area contributed by atoms with Gasteiger partial charge in [0.1, 0.15) is 0 Å². The van der Waals surface area contributed by atoms with Crippen LogP contribution in [0.25, 0.3) is 10.9 Å². The molecule has 0 aliphatic carbocycles. The lowest BCUT2D eigenvalue weighted by atomic mass is 9.85. The summed E-state index contributed by atoms with van der Waals surface area (Å²) in [6, 6.07) is 14.5. The normalized spacial score (nSPS) is 22.4. The Morgan fingerprint density at radius 1 is 1.03 bits per heavy atom. The number of halogens is 2. The number of carbonyl (C=O) groups is 2. The van der Waals surface area contributed by atoms with E-state index in [1.807, 2.05) is 36.5 Å². The maximum Gasteiger partial charge on any atom is 0.163 e. The summed E-state index contributed by atoms with van der Waals surface area (Å²) in [6.45, 7) is 3.59. The molecule has 34 heavy (non-hydrogen) atoms. The van der Waals surface area contributed by atoms with Crippen molar-refractivity contribution in [3.63, 3.8) is 0 Å². The molecule has 178 valence electrons. The molecule has 2 aromatic carbocycles. The summed E-state index contributed by atoms with van der Waals surface area (Å²) in [7, 11) is 0. The van der Waals surface area contributed by atoms with Gasteiger partial charge in [0.2, 0.25) is 0 Å².